The molecule has 0 saturated carbocycles. The number of methoxy groups -OCH3 is 1. The summed E-state index contributed by atoms with van der Waals surface area (Å²) in [5.41, 5.74) is 0.433. The molecule has 0 heterocycles. The van der Waals surface area contributed by atoms with Gasteiger partial charge < -0.3 is 9.84 Å². The van der Waals surface area contributed by atoms with E-state index in [1.54, 1.807) is 6.92 Å². The molecule has 0 atom stereocenters. The van der Waals surface area contributed by atoms with Crippen molar-refractivity contribution in [2.45, 2.75) is 6.92 Å². The lowest BCUT2D eigenvalue weighted by Gasteiger charge is -1.91. The number of carbonyl (C=O) groups excluding carboxylic acids is 1. The maximum absolute atomic E-state index is 10.2. The van der Waals surface area contributed by atoms with Crippen molar-refractivity contribution in [3.05, 3.63) is 12.2 Å². The van der Waals surface area contributed by atoms with Gasteiger partial charge in [0.25, 0.3) is 0 Å². The molecule has 0 aromatic carbocycles. The van der Waals surface area contributed by atoms with E-state index in [-0.39, 0.29) is 5.97 Å². The minimum Gasteiger partial charge on any atom is -0.466 e. The lowest BCUT2D eigenvalue weighted by molar-refractivity contribution is -0.136. The van der Waals surface area contributed by atoms with Crippen molar-refractivity contribution in [1.82, 2.24) is 0 Å². The summed E-state index contributed by atoms with van der Waals surface area (Å²) in [5, 5.41) is 7.00. The van der Waals surface area contributed by atoms with E-state index in [0.717, 1.165) is 7.11 Å². The number of esters is 1. The molecule has 0 aromatic rings. The monoisotopic (exact) mass is 132 g/mol. The van der Waals surface area contributed by atoms with E-state index in [1.807, 2.05) is 0 Å². The minimum absolute atomic E-state index is 0.347. The second-order valence-electron chi connectivity index (χ2n) is 1.27. The van der Waals surface area contributed by atoms with Gasteiger partial charge in [-0.25, -0.2) is 4.79 Å². The Morgan fingerprint density at radius 1 is 1.56 bits per heavy atom. The maximum atomic E-state index is 10.2. The van der Waals surface area contributed by atoms with Gasteiger partial charge in [-0.2, -0.15) is 0 Å². The largest absolute Gasteiger partial charge is 0.466 e. The number of rotatable bonds is 1. The Hall–Kier alpha value is -0.830. The summed E-state index contributed by atoms with van der Waals surface area (Å²) in [4.78, 5) is 10.2. The average Bonchev–Trinajstić information content (AvgIpc) is 1.91. The fraction of sp³-hybridized carbons (Fsp3) is 0.500. The number of carbonyl (C=O) groups is 1. The molecular weight excluding hydrogens is 120 g/mol. The molecule has 0 rings (SSSR count). The van der Waals surface area contributed by atoms with Gasteiger partial charge in [0.15, 0.2) is 0 Å². The van der Waals surface area contributed by atoms with Gasteiger partial charge in [0.1, 0.15) is 0 Å². The Balaban J connectivity index is 0. The van der Waals surface area contributed by atoms with Crippen molar-refractivity contribution in [3.8, 4) is 0 Å². The molecule has 0 aliphatic heterocycles. The highest BCUT2D eigenvalue weighted by atomic mass is 16.5. The summed E-state index contributed by atoms with van der Waals surface area (Å²) < 4.78 is 4.27. The highest BCUT2D eigenvalue weighted by molar-refractivity contribution is 5.86. The first-order valence-corrected chi connectivity index (χ1v) is 2.37. The zero-order valence-electron chi connectivity index (χ0n) is 5.97. The molecule has 3 nitrogen and oxygen atoms in total. The molecule has 3 heteroatoms. The molecule has 1 N–H and O–H groups in total. The second kappa shape index (κ2) is 7.17. The van der Waals surface area contributed by atoms with Crippen LogP contribution in [0, 0.1) is 0 Å². The van der Waals surface area contributed by atoms with Crippen LogP contribution in [-0.4, -0.2) is 25.3 Å². The highest BCUT2D eigenvalue weighted by Gasteiger charge is 1.95. The third-order valence-corrected chi connectivity index (χ3v) is 0.534. The predicted molar refractivity (Wildman–Crippen MR) is 35.0 cm³/mol. The molecule has 0 amide bonds. The number of aliphatic hydroxyl groups excluding tert-OH is 1. The van der Waals surface area contributed by atoms with Gasteiger partial charge in [-0.1, -0.05) is 6.58 Å². The van der Waals surface area contributed by atoms with Gasteiger partial charge in [-0.3, -0.25) is 0 Å². The number of ether oxygens (including phenoxy) is 1. The van der Waals surface area contributed by atoms with Gasteiger partial charge in [0, 0.05) is 12.7 Å². The number of hydrogen-bond donors (Lipinski definition) is 1. The standard InChI is InChI=1S/C5H8O2.CH4O/c1-4(2)5(6)7-3;1-2/h1H2,2-3H3;2H,1H3. The van der Waals surface area contributed by atoms with E-state index >= 15 is 0 Å². The van der Waals surface area contributed by atoms with E-state index in [0.29, 0.717) is 5.57 Å². The lowest BCUT2D eigenvalue weighted by Crippen LogP contribution is -1.98. The van der Waals surface area contributed by atoms with Crippen molar-refractivity contribution in [2.24, 2.45) is 0 Å². The van der Waals surface area contributed by atoms with Crippen molar-refractivity contribution >= 4 is 5.97 Å². The Bertz CT molecular complexity index is 96.5. The van der Waals surface area contributed by atoms with Crippen molar-refractivity contribution in [2.75, 3.05) is 14.2 Å². The van der Waals surface area contributed by atoms with Gasteiger partial charge >= 0.3 is 5.97 Å². The van der Waals surface area contributed by atoms with E-state index in [1.165, 1.54) is 7.11 Å². The van der Waals surface area contributed by atoms with Gasteiger partial charge in [-0.05, 0) is 6.92 Å². The van der Waals surface area contributed by atoms with Crippen molar-refractivity contribution < 1.29 is 14.6 Å². The Morgan fingerprint density at radius 2 is 1.89 bits per heavy atom. The average molecular weight is 132 g/mol. The van der Waals surface area contributed by atoms with Crippen LogP contribution in [0.2, 0.25) is 0 Å². The zero-order valence-corrected chi connectivity index (χ0v) is 5.97. The van der Waals surface area contributed by atoms with E-state index in [4.69, 9.17) is 5.11 Å². The summed E-state index contributed by atoms with van der Waals surface area (Å²) in [6.07, 6.45) is 0. The maximum Gasteiger partial charge on any atom is 0.332 e. The molecule has 9 heavy (non-hydrogen) atoms. The summed E-state index contributed by atoms with van der Waals surface area (Å²) in [6.45, 7) is 4.95. The van der Waals surface area contributed by atoms with Crippen LogP contribution in [0.15, 0.2) is 12.2 Å². The first kappa shape index (κ1) is 11.0. The molecule has 54 valence electrons. The fourth-order valence-electron chi connectivity index (χ4n) is 0.174. The summed E-state index contributed by atoms with van der Waals surface area (Å²) in [7, 11) is 2.33. The zero-order chi connectivity index (χ0) is 7.86. The van der Waals surface area contributed by atoms with Crippen molar-refractivity contribution in [3.63, 3.8) is 0 Å². The number of hydrogen-bond acceptors (Lipinski definition) is 3. The van der Waals surface area contributed by atoms with Crippen molar-refractivity contribution in [1.29, 1.82) is 0 Å². The van der Waals surface area contributed by atoms with E-state index in [2.05, 4.69) is 11.3 Å². The highest BCUT2D eigenvalue weighted by Crippen LogP contribution is 1.87. The smallest absolute Gasteiger partial charge is 0.332 e. The molecule has 0 saturated heterocycles. The Morgan fingerprint density at radius 3 is 1.89 bits per heavy atom. The van der Waals surface area contributed by atoms with E-state index in [9.17, 15) is 4.79 Å². The van der Waals surface area contributed by atoms with Gasteiger partial charge in [0.2, 0.25) is 0 Å². The molecule has 0 bridgehead atoms. The fourth-order valence-corrected chi connectivity index (χ4v) is 0.174. The summed E-state index contributed by atoms with van der Waals surface area (Å²) in [5.74, 6) is -0.347. The third kappa shape index (κ3) is 7.17. The number of aliphatic hydroxyl groups is 1. The molecule has 0 aliphatic rings. The molecule has 0 aromatic heterocycles. The molecule has 0 spiro atoms. The van der Waals surface area contributed by atoms with Crippen LogP contribution >= 0.6 is 0 Å². The molecule has 0 fully saturated rings. The predicted octanol–water partition coefficient (Wildman–Crippen LogP) is 0.344. The van der Waals surface area contributed by atoms with Crippen LogP contribution in [0.5, 0.6) is 0 Å². The van der Waals surface area contributed by atoms with Gasteiger partial charge in [0.05, 0.1) is 7.11 Å². The normalized spacial score (nSPS) is 6.67. The van der Waals surface area contributed by atoms with Crippen LogP contribution in [-0.2, 0) is 9.53 Å². The summed E-state index contributed by atoms with van der Waals surface area (Å²) in [6, 6.07) is 0. The molecule has 0 unspecified atom stereocenters. The SMILES string of the molecule is C=C(C)C(=O)OC.CO. The minimum atomic E-state index is -0.347. The third-order valence-electron chi connectivity index (χ3n) is 0.534. The summed E-state index contributed by atoms with van der Waals surface area (Å²) >= 11 is 0. The first-order valence-electron chi connectivity index (χ1n) is 2.37. The van der Waals surface area contributed by atoms with Crippen LogP contribution in [0.3, 0.4) is 0 Å². The molecule has 0 aliphatic carbocycles. The van der Waals surface area contributed by atoms with Crippen LogP contribution in [0.1, 0.15) is 6.92 Å². The Kier molecular flexibility index (Phi) is 8.79. The molecular formula is C6H12O3. The lowest BCUT2D eigenvalue weighted by atomic mass is 10.4. The quantitative estimate of drug-likeness (QED) is 0.413. The topological polar surface area (TPSA) is 46.5 Å². The van der Waals surface area contributed by atoms with Gasteiger partial charge in [-0.15, -0.1) is 0 Å². The Labute approximate surface area is 54.9 Å². The van der Waals surface area contributed by atoms with Crippen LogP contribution in [0.25, 0.3) is 0 Å². The molecule has 0 radical (unpaired) electrons. The first-order chi connectivity index (χ1) is 4.18. The van der Waals surface area contributed by atoms with Crippen LogP contribution < -0.4 is 0 Å². The second-order valence-corrected chi connectivity index (χ2v) is 1.27. The van der Waals surface area contributed by atoms with E-state index < -0.39 is 0 Å². The van der Waals surface area contributed by atoms with Crippen LogP contribution in [0.4, 0.5) is 0 Å².